The summed E-state index contributed by atoms with van der Waals surface area (Å²) in [6.07, 6.45) is -1.82. The first-order valence-corrected chi connectivity index (χ1v) is 13.1. The maximum atomic E-state index is 14.3. The number of rotatable bonds is 10. The van der Waals surface area contributed by atoms with Gasteiger partial charge in [0.15, 0.2) is 5.82 Å². The molecule has 0 aliphatic carbocycles. The molecule has 1 aromatic heterocycles. The van der Waals surface area contributed by atoms with E-state index in [1.165, 1.54) is 32.8 Å². The summed E-state index contributed by atoms with van der Waals surface area (Å²) >= 11 is 0. The third-order valence-electron chi connectivity index (χ3n) is 6.07. The van der Waals surface area contributed by atoms with Crippen LogP contribution in [0.25, 0.3) is 17.1 Å². The first-order valence-electron chi connectivity index (χ1n) is 11.6. The highest BCUT2D eigenvalue weighted by Crippen LogP contribution is 2.38. The fraction of sp³-hybridized carbons (Fsp3) is 0.231. The van der Waals surface area contributed by atoms with Crippen LogP contribution in [0.2, 0.25) is 0 Å². The minimum Gasteiger partial charge on any atom is -0.497 e. The van der Waals surface area contributed by atoms with Gasteiger partial charge in [0, 0.05) is 17.2 Å². The number of methoxy groups -OCH3 is 3. The number of nitrogens with zero attached hydrogens (tertiary/aromatic N) is 3. The zero-order chi connectivity index (χ0) is 28.3. The SMILES string of the molecule is COc1cccc(-c2nnc(NS(=O)(=O)[C@H](C)[C@H](O)c3ccc(F)cc3F)n2-c2c(OC)cccc2OC)c1. The molecule has 0 fully saturated rings. The van der Waals surface area contributed by atoms with Crippen LogP contribution in [0, 0.1) is 11.6 Å². The van der Waals surface area contributed by atoms with E-state index < -0.39 is 33.0 Å². The molecule has 0 amide bonds. The summed E-state index contributed by atoms with van der Waals surface area (Å²) in [6, 6.07) is 14.3. The van der Waals surface area contributed by atoms with Gasteiger partial charge in [-0.05, 0) is 37.3 Å². The number of aromatic nitrogens is 3. The first kappa shape index (κ1) is 27.8. The minimum absolute atomic E-state index is 0.215. The number of anilines is 1. The van der Waals surface area contributed by atoms with Crippen LogP contribution in [0.4, 0.5) is 14.7 Å². The van der Waals surface area contributed by atoms with Gasteiger partial charge in [-0.1, -0.05) is 24.3 Å². The lowest BCUT2D eigenvalue weighted by Crippen LogP contribution is -2.32. The van der Waals surface area contributed by atoms with Crippen molar-refractivity contribution in [2.45, 2.75) is 18.3 Å². The number of para-hydroxylation sites is 1. The van der Waals surface area contributed by atoms with Gasteiger partial charge >= 0.3 is 0 Å². The largest absolute Gasteiger partial charge is 0.497 e. The molecule has 1 heterocycles. The van der Waals surface area contributed by atoms with E-state index in [1.807, 2.05) is 0 Å². The summed E-state index contributed by atoms with van der Waals surface area (Å²) in [7, 11) is -0.0500. The van der Waals surface area contributed by atoms with Crippen molar-refractivity contribution in [3.8, 4) is 34.3 Å². The number of aliphatic hydroxyl groups excluding tert-OH is 1. The maximum Gasteiger partial charge on any atom is 0.243 e. The highest BCUT2D eigenvalue weighted by molar-refractivity contribution is 7.93. The van der Waals surface area contributed by atoms with Gasteiger partial charge in [0.1, 0.15) is 45.9 Å². The second-order valence-electron chi connectivity index (χ2n) is 8.39. The molecule has 0 aliphatic heterocycles. The molecule has 0 radical (unpaired) electrons. The van der Waals surface area contributed by atoms with Gasteiger partial charge in [-0.2, -0.15) is 0 Å². The summed E-state index contributed by atoms with van der Waals surface area (Å²) in [5.74, 6) is -0.816. The molecule has 4 rings (SSSR count). The molecule has 0 saturated heterocycles. The van der Waals surface area contributed by atoms with Crippen molar-refractivity contribution in [1.29, 1.82) is 0 Å². The summed E-state index contributed by atoms with van der Waals surface area (Å²) in [4.78, 5) is 0. The van der Waals surface area contributed by atoms with Crippen LogP contribution in [-0.2, 0) is 10.0 Å². The van der Waals surface area contributed by atoms with Crippen molar-refractivity contribution in [2.75, 3.05) is 26.1 Å². The molecule has 4 aromatic rings. The van der Waals surface area contributed by atoms with Crippen LogP contribution in [0.5, 0.6) is 17.2 Å². The number of hydrogen-bond donors (Lipinski definition) is 2. The predicted molar refractivity (Wildman–Crippen MR) is 140 cm³/mol. The minimum atomic E-state index is -4.43. The quantitative estimate of drug-likeness (QED) is 0.297. The summed E-state index contributed by atoms with van der Waals surface area (Å²) in [6.45, 7) is 1.18. The molecular weight excluding hydrogens is 534 g/mol. The van der Waals surface area contributed by atoms with Crippen molar-refractivity contribution < 1.29 is 36.5 Å². The Hall–Kier alpha value is -4.23. The van der Waals surface area contributed by atoms with Gasteiger partial charge in [0.25, 0.3) is 0 Å². The molecule has 0 spiro atoms. The van der Waals surface area contributed by atoms with E-state index in [0.717, 1.165) is 12.1 Å². The fourth-order valence-electron chi connectivity index (χ4n) is 3.95. The average molecular weight is 561 g/mol. The van der Waals surface area contributed by atoms with Crippen LogP contribution < -0.4 is 18.9 Å². The Kier molecular flexibility index (Phi) is 8.02. The third kappa shape index (κ3) is 5.49. The molecule has 10 nitrogen and oxygen atoms in total. The van der Waals surface area contributed by atoms with Gasteiger partial charge in [0.05, 0.1) is 21.3 Å². The van der Waals surface area contributed by atoms with Crippen LogP contribution in [0.15, 0.2) is 60.7 Å². The Bertz CT molecular complexity index is 1570. The first-order chi connectivity index (χ1) is 18.6. The van der Waals surface area contributed by atoms with E-state index in [0.29, 0.717) is 34.6 Å². The zero-order valence-electron chi connectivity index (χ0n) is 21.4. The number of aliphatic hydroxyl groups is 1. The Labute approximate surface area is 223 Å². The topological polar surface area (TPSA) is 125 Å². The van der Waals surface area contributed by atoms with E-state index in [4.69, 9.17) is 14.2 Å². The van der Waals surface area contributed by atoms with Gasteiger partial charge in [-0.3, -0.25) is 9.29 Å². The highest BCUT2D eigenvalue weighted by atomic mass is 32.2. The second-order valence-corrected chi connectivity index (χ2v) is 10.4. The number of sulfonamides is 1. The number of hydrogen-bond acceptors (Lipinski definition) is 8. The van der Waals surface area contributed by atoms with Gasteiger partial charge in [-0.25, -0.2) is 17.2 Å². The molecule has 39 heavy (non-hydrogen) atoms. The lowest BCUT2D eigenvalue weighted by atomic mass is 10.1. The van der Waals surface area contributed by atoms with Gasteiger partial charge in [0.2, 0.25) is 16.0 Å². The Morgan fingerprint density at radius 3 is 2.21 bits per heavy atom. The fourth-order valence-corrected chi connectivity index (χ4v) is 5.01. The summed E-state index contributed by atoms with van der Waals surface area (Å²) in [5, 5.41) is 17.4. The maximum absolute atomic E-state index is 14.3. The average Bonchev–Trinajstić information content (AvgIpc) is 3.33. The number of nitrogens with one attached hydrogen (secondary N) is 1. The lowest BCUT2D eigenvalue weighted by molar-refractivity contribution is 0.171. The second kappa shape index (κ2) is 11.3. The molecule has 206 valence electrons. The molecule has 3 aromatic carbocycles. The van der Waals surface area contributed by atoms with Crippen molar-refractivity contribution in [3.05, 3.63) is 77.9 Å². The molecule has 2 N–H and O–H groups in total. The molecule has 0 bridgehead atoms. The standard InChI is InChI=1S/C26H26F2N4O6S/c1-15(24(33)19-12-11-17(27)14-20(19)28)39(34,35)31-26-30-29-25(16-7-5-8-18(13-16)36-2)32(26)23-21(37-3)9-6-10-22(23)38-4/h5-15,24,33H,1-4H3,(H,30,31)/t15-,24+/m1/s1. The third-order valence-corrected chi connectivity index (χ3v) is 7.77. The van der Waals surface area contributed by atoms with Crippen LogP contribution in [-0.4, -0.2) is 54.9 Å². The van der Waals surface area contributed by atoms with Gasteiger partial charge in [-0.15, -0.1) is 10.2 Å². The van der Waals surface area contributed by atoms with Gasteiger partial charge < -0.3 is 19.3 Å². The molecule has 0 unspecified atom stereocenters. The molecular formula is C26H26F2N4O6S. The van der Waals surface area contributed by atoms with Crippen molar-refractivity contribution >= 4 is 16.0 Å². The number of halogens is 2. The van der Waals surface area contributed by atoms with Crippen molar-refractivity contribution in [3.63, 3.8) is 0 Å². The van der Waals surface area contributed by atoms with E-state index in [9.17, 15) is 22.3 Å². The van der Waals surface area contributed by atoms with Crippen LogP contribution in [0.1, 0.15) is 18.6 Å². The number of ether oxygens (including phenoxy) is 3. The Morgan fingerprint density at radius 1 is 0.923 bits per heavy atom. The monoisotopic (exact) mass is 560 g/mol. The van der Waals surface area contributed by atoms with Crippen molar-refractivity contribution in [2.24, 2.45) is 0 Å². The van der Waals surface area contributed by atoms with Crippen molar-refractivity contribution in [1.82, 2.24) is 14.8 Å². The van der Waals surface area contributed by atoms with E-state index in [1.54, 1.807) is 42.5 Å². The Balaban J connectivity index is 1.85. The van der Waals surface area contributed by atoms with E-state index in [-0.39, 0.29) is 17.3 Å². The normalized spacial score (nSPS) is 13.0. The molecule has 0 aliphatic rings. The molecule has 0 saturated carbocycles. The summed E-state index contributed by atoms with van der Waals surface area (Å²) < 4.78 is 74.6. The molecule has 2 atom stereocenters. The summed E-state index contributed by atoms with van der Waals surface area (Å²) in [5.41, 5.74) is 0.446. The molecule has 13 heteroatoms. The zero-order valence-corrected chi connectivity index (χ0v) is 22.2. The lowest BCUT2D eigenvalue weighted by Gasteiger charge is -2.22. The smallest absolute Gasteiger partial charge is 0.243 e. The van der Waals surface area contributed by atoms with E-state index >= 15 is 0 Å². The highest BCUT2D eigenvalue weighted by Gasteiger charge is 2.33. The number of benzene rings is 3. The Morgan fingerprint density at radius 2 is 1.59 bits per heavy atom. The van der Waals surface area contributed by atoms with E-state index in [2.05, 4.69) is 14.9 Å². The van der Waals surface area contributed by atoms with Crippen LogP contribution >= 0.6 is 0 Å². The van der Waals surface area contributed by atoms with Crippen LogP contribution in [0.3, 0.4) is 0 Å². The predicted octanol–water partition coefficient (Wildman–Crippen LogP) is 4.10.